The predicted octanol–water partition coefficient (Wildman–Crippen LogP) is -0.0662. The van der Waals surface area contributed by atoms with Gasteiger partial charge in [-0.3, -0.25) is 0 Å². The molecule has 0 heterocycles. The minimum atomic E-state index is 0. The van der Waals surface area contributed by atoms with E-state index in [1.165, 1.54) is 0 Å². The normalized spacial score (nSPS) is 1.50. The van der Waals surface area contributed by atoms with Crippen molar-refractivity contribution in [3.63, 3.8) is 0 Å². The summed E-state index contributed by atoms with van der Waals surface area (Å²) in [5.74, 6) is 0. The van der Waals surface area contributed by atoms with Gasteiger partial charge in [-0.1, -0.05) is 0 Å². The fraction of sp³-hybridized carbons (Fsp3) is 0. The Bertz CT molecular complexity index is 6.00. The number of hydrogen-bond donors (Lipinski definition) is 2. The fourth-order valence-corrected chi connectivity index (χ4v) is 0. The maximum atomic E-state index is 3.22. The molecule has 0 aliphatic rings. The van der Waals surface area contributed by atoms with Crippen LogP contribution in [0.3, 0.4) is 0 Å². The SMILES string of the molecule is O.SS.[Ni]. The van der Waals surface area contributed by atoms with Crippen LogP contribution < -0.4 is 0 Å². The molecule has 2 N–H and O–H groups in total. The first kappa shape index (κ1) is 19.2. The van der Waals surface area contributed by atoms with E-state index in [9.17, 15) is 0 Å². The zero-order valence-corrected chi connectivity index (χ0v) is 4.49. The minimum Gasteiger partial charge on any atom is -0.412 e. The molecule has 1 nitrogen and oxygen atoms in total. The first-order chi connectivity index (χ1) is 1.00. The van der Waals surface area contributed by atoms with Crippen molar-refractivity contribution in [2.75, 3.05) is 0 Å². The smallest absolute Gasteiger partial charge is 0 e. The topological polar surface area (TPSA) is 31.5 Å². The molecule has 0 aromatic rings. The molecule has 0 aliphatic carbocycles. The van der Waals surface area contributed by atoms with E-state index in [0.29, 0.717) is 0 Å². The van der Waals surface area contributed by atoms with Crippen molar-refractivity contribution >= 4 is 23.3 Å². The van der Waals surface area contributed by atoms with Crippen molar-refractivity contribution in [2.24, 2.45) is 0 Å². The zero-order valence-electron chi connectivity index (χ0n) is 1.71. The molecule has 4 heteroatoms. The van der Waals surface area contributed by atoms with Crippen molar-refractivity contribution in [2.45, 2.75) is 0 Å². The van der Waals surface area contributed by atoms with Gasteiger partial charge in [0.15, 0.2) is 0 Å². The molecule has 0 aliphatic heterocycles. The van der Waals surface area contributed by atoms with Crippen LogP contribution >= 0.6 is 23.3 Å². The number of hydrogen-bond acceptors (Lipinski definition) is 2. The second-order valence-electron chi connectivity index (χ2n) is 0. The predicted molar refractivity (Wildman–Crippen MR) is 21.6 cm³/mol. The standard InChI is InChI=1S/Ni.H2O.H2S2/c;;1-2/h;1H2;1-2H. The molecule has 0 rings (SSSR count). The molecule has 4 heavy (non-hydrogen) atoms. The van der Waals surface area contributed by atoms with Gasteiger partial charge in [0.2, 0.25) is 0 Å². The van der Waals surface area contributed by atoms with E-state index in [2.05, 4.69) is 23.3 Å². The zero-order chi connectivity index (χ0) is 2.00. The molecular weight excluding hydrogens is 139 g/mol. The molecule has 0 atom stereocenters. The Morgan fingerprint density at radius 2 is 1.00 bits per heavy atom. The van der Waals surface area contributed by atoms with E-state index in [1.807, 2.05) is 0 Å². The molecular formula is H4NiOS2. The quantitative estimate of drug-likeness (QED) is 0.270. The Hall–Kier alpha value is 1.15. The summed E-state index contributed by atoms with van der Waals surface area (Å²) in [5, 5.41) is 0. The Morgan fingerprint density at radius 3 is 1.00 bits per heavy atom. The van der Waals surface area contributed by atoms with Gasteiger partial charge >= 0.3 is 0 Å². The second-order valence-corrected chi connectivity index (χ2v) is 0. The van der Waals surface area contributed by atoms with E-state index < -0.39 is 0 Å². The monoisotopic (exact) mass is 142 g/mol. The molecule has 0 bridgehead atoms. The summed E-state index contributed by atoms with van der Waals surface area (Å²) in [6.07, 6.45) is 0. The summed E-state index contributed by atoms with van der Waals surface area (Å²) in [7, 11) is 0. The molecule has 0 saturated carbocycles. The third kappa shape index (κ3) is 11.0. The molecule has 0 radical (unpaired) electrons. The van der Waals surface area contributed by atoms with Crippen LogP contribution in [-0.2, 0) is 16.5 Å². The summed E-state index contributed by atoms with van der Waals surface area (Å²) >= 11 is 6.44. The van der Waals surface area contributed by atoms with Crippen LogP contribution in [0.25, 0.3) is 0 Å². The molecule has 0 unspecified atom stereocenters. The Labute approximate surface area is 45.6 Å². The van der Waals surface area contributed by atoms with E-state index in [1.54, 1.807) is 0 Å². The largest absolute Gasteiger partial charge is 0.412 e. The Balaban J connectivity index is -0.00000000500. The van der Waals surface area contributed by atoms with Gasteiger partial charge in [-0.2, -0.15) is 0 Å². The van der Waals surface area contributed by atoms with E-state index in [-0.39, 0.29) is 22.0 Å². The summed E-state index contributed by atoms with van der Waals surface area (Å²) < 4.78 is 0. The molecule has 0 saturated heterocycles. The van der Waals surface area contributed by atoms with Crippen molar-refractivity contribution in [1.82, 2.24) is 0 Å². The number of rotatable bonds is 0. The second kappa shape index (κ2) is 31.0. The average Bonchev–Trinajstić information content (AvgIpc) is 1.00. The van der Waals surface area contributed by atoms with Gasteiger partial charge in [-0.25, -0.2) is 0 Å². The van der Waals surface area contributed by atoms with Gasteiger partial charge in [-0.15, -0.1) is 23.3 Å². The average molecular weight is 143 g/mol. The van der Waals surface area contributed by atoms with Crippen LogP contribution in [0.4, 0.5) is 0 Å². The van der Waals surface area contributed by atoms with Crippen molar-refractivity contribution in [3.8, 4) is 0 Å². The summed E-state index contributed by atoms with van der Waals surface area (Å²) in [4.78, 5) is 0. The van der Waals surface area contributed by atoms with Crippen LogP contribution in [0.15, 0.2) is 0 Å². The van der Waals surface area contributed by atoms with Crippen LogP contribution in [0.2, 0.25) is 0 Å². The fourth-order valence-electron chi connectivity index (χ4n) is 0. The summed E-state index contributed by atoms with van der Waals surface area (Å²) in [6, 6.07) is 0. The van der Waals surface area contributed by atoms with Gasteiger partial charge in [0, 0.05) is 16.5 Å². The van der Waals surface area contributed by atoms with Crippen molar-refractivity contribution in [3.05, 3.63) is 0 Å². The van der Waals surface area contributed by atoms with Crippen LogP contribution in [0, 0.1) is 0 Å². The van der Waals surface area contributed by atoms with Gasteiger partial charge < -0.3 is 5.48 Å². The maximum absolute atomic E-state index is 3.22. The van der Waals surface area contributed by atoms with Gasteiger partial charge in [-0.05, 0) is 0 Å². The molecule has 0 amide bonds. The van der Waals surface area contributed by atoms with E-state index in [0.717, 1.165) is 0 Å². The molecule has 0 fully saturated rings. The first-order valence-electron chi connectivity index (χ1n) is 0.200. The summed E-state index contributed by atoms with van der Waals surface area (Å²) in [5.41, 5.74) is 0. The third-order valence-corrected chi connectivity index (χ3v) is 0. The van der Waals surface area contributed by atoms with Crippen LogP contribution in [-0.4, -0.2) is 5.48 Å². The first-order valence-corrected chi connectivity index (χ1v) is 1.80. The van der Waals surface area contributed by atoms with Crippen molar-refractivity contribution < 1.29 is 22.0 Å². The Kier molecular flexibility index (Phi) is 149. The van der Waals surface area contributed by atoms with Crippen LogP contribution in [0.5, 0.6) is 0 Å². The van der Waals surface area contributed by atoms with Gasteiger partial charge in [0.25, 0.3) is 0 Å². The molecule has 32 valence electrons. The van der Waals surface area contributed by atoms with Gasteiger partial charge in [0.05, 0.1) is 0 Å². The molecule has 0 aromatic carbocycles. The van der Waals surface area contributed by atoms with Gasteiger partial charge in [0.1, 0.15) is 0 Å². The number of thiol groups is 2. The van der Waals surface area contributed by atoms with E-state index >= 15 is 0 Å². The Morgan fingerprint density at radius 1 is 1.00 bits per heavy atom. The van der Waals surface area contributed by atoms with Crippen LogP contribution in [0.1, 0.15) is 0 Å². The maximum Gasteiger partial charge on any atom is 0 e. The summed E-state index contributed by atoms with van der Waals surface area (Å²) in [6.45, 7) is 0. The van der Waals surface area contributed by atoms with E-state index in [4.69, 9.17) is 0 Å². The molecule has 0 aromatic heterocycles. The third-order valence-electron chi connectivity index (χ3n) is 0. The molecule has 0 spiro atoms. The van der Waals surface area contributed by atoms with Crippen molar-refractivity contribution in [1.29, 1.82) is 0 Å². The minimum absolute atomic E-state index is 0.